The summed E-state index contributed by atoms with van der Waals surface area (Å²) in [4.78, 5) is 18.3. The Bertz CT molecular complexity index is 1060. The summed E-state index contributed by atoms with van der Waals surface area (Å²) in [5.74, 6) is 0.0414. The van der Waals surface area contributed by atoms with Crippen LogP contribution in [0.3, 0.4) is 0 Å². The van der Waals surface area contributed by atoms with Crippen molar-refractivity contribution < 1.29 is 27.6 Å². The Morgan fingerprint density at radius 1 is 1.13 bits per heavy atom. The van der Waals surface area contributed by atoms with Gasteiger partial charge in [0.1, 0.15) is 23.1 Å². The van der Waals surface area contributed by atoms with E-state index in [1.54, 1.807) is 32.4 Å². The largest absolute Gasteiger partial charge is 0.497 e. The van der Waals surface area contributed by atoms with Crippen LogP contribution < -0.4 is 9.47 Å². The number of carbonyl (C=O) groups is 1. The Morgan fingerprint density at radius 2 is 1.87 bits per heavy atom. The van der Waals surface area contributed by atoms with Crippen LogP contribution in [0.5, 0.6) is 11.5 Å². The van der Waals surface area contributed by atoms with Crippen molar-refractivity contribution in [3.05, 3.63) is 59.4 Å². The lowest BCUT2D eigenvalue weighted by atomic mass is 10.1. The number of ether oxygens (including phenoxy) is 2. The number of methoxy groups -OCH3 is 2. The zero-order valence-electron chi connectivity index (χ0n) is 16.4. The average Bonchev–Trinajstić information content (AvgIpc) is 3.37. The van der Waals surface area contributed by atoms with Gasteiger partial charge in [0.25, 0.3) is 5.89 Å². The van der Waals surface area contributed by atoms with Gasteiger partial charge in [-0.2, -0.15) is 4.98 Å². The molecule has 1 saturated heterocycles. The molecule has 0 bridgehead atoms. The second kappa shape index (κ2) is 8.10. The lowest BCUT2D eigenvalue weighted by Gasteiger charge is -2.16. The number of carbonyl (C=O) groups excluding carboxylic acids is 1. The minimum atomic E-state index is -0.680. The van der Waals surface area contributed by atoms with Gasteiger partial charge in [0.2, 0.25) is 5.91 Å². The van der Waals surface area contributed by atoms with Crippen LogP contribution >= 0.6 is 0 Å². The van der Waals surface area contributed by atoms with E-state index in [2.05, 4.69) is 10.1 Å². The predicted molar refractivity (Wildman–Crippen MR) is 102 cm³/mol. The smallest absolute Gasteiger partial charge is 0.258 e. The Hall–Kier alpha value is -3.49. The van der Waals surface area contributed by atoms with Gasteiger partial charge in [0.15, 0.2) is 5.82 Å². The highest BCUT2D eigenvalue weighted by molar-refractivity contribution is 5.79. The molecule has 1 aromatic heterocycles. The lowest BCUT2D eigenvalue weighted by Crippen LogP contribution is -2.25. The molecule has 0 aliphatic carbocycles. The maximum Gasteiger partial charge on any atom is 0.258 e. The van der Waals surface area contributed by atoms with Crippen molar-refractivity contribution in [3.63, 3.8) is 0 Å². The zero-order chi connectivity index (χ0) is 21.3. The van der Waals surface area contributed by atoms with Crippen LogP contribution in [-0.2, 0) is 11.3 Å². The third kappa shape index (κ3) is 3.96. The third-order valence-corrected chi connectivity index (χ3v) is 5.00. The summed E-state index contributed by atoms with van der Waals surface area (Å²) in [7, 11) is 3.08. The molecule has 4 rings (SSSR count). The Kier molecular flexibility index (Phi) is 5.35. The minimum Gasteiger partial charge on any atom is -0.497 e. The van der Waals surface area contributed by atoms with E-state index >= 15 is 0 Å². The van der Waals surface area contributed by atoms with Gasteiger partial charge in [0.05, 0.1) is 14.2 Å². The van der Waals surface area contributed by atoms with Crippen molar-refractivity contribution in [3.8, 4) is 23.0 Å². The van der Waals surface area contributed by atoms with Crippen LogP contribution in [0.4, 0.5) is 8.78 Å². The van der Waals surface area contributed by atoms with E-state index in [-0.39, 0.29) is 36.2 Å². The molecule has 7 nitrogen and oxygen atoms in total. The summed E-state index contributed by atoms with van der Waals surface area (Å²) < 4.78 is 42.9. The average molecular weight is 415 g/mol. The molecule has 1 amide bonds. The van der Waals surface area contributed by atoms with E-state index < -0.39 is 11.6 Å². The first kappa shape index (κ1) is 19.8. The number of rotatable bonds is 6. The number of benzene rings is 2. The quantitative estimate of drug-likeness (QED) is 0.613. The van der Waals surface area contributed by atoms with Crippen LogP contribution in [0, 0.1) is 11.6 Å². The summed E-state index contributed by atoms with van der Waals surface area (Å²) in [6.07, 6.45) is 0.184. The third-order valence-electron chi connectivity index (χ3n) is 5.00. The van der Waals surface area contributed by atoms with Crippen molar-refractivity contribution in [2.24, 2.45) is 0 Å². The van der Waals surface area contributed by atoms with Gasteiger partial charge in [-0.05, 0) is 18.2 Å². The van der Waals surface area contributed by atoms with E-state index in [0.717, 1.165) is 6.07 Å². The molecule has 1 aliphatic rings. The molecule has 1 aliphatic heterocycles. The molecule has 0 spiro atoms. The molecule has 30 heavy (non-hydrogen) atoms. The molecule has 9 heteroatoms. The molecule has 1 unspecified atom stereocenters. The van der Waals surface area contributed by atoms with Gasteiger partial charge in [-0.1, -0.05) is 11.2 Å². The van der Waals surface area contributed by atoms with Gasteiger partial charge in [-0.3, -0.25) is 4.79 Å². The molecule has 1 fully saturated rings. The Morgan fingerprint density at radius 3 is 2.53 bits per heavy atom. The molecule has 2 heterocycles. The predicted octanol–water partition coefficient (Wildman–Crippen LogP) is 3.55. The summed E-state index contributed by atoms with van der Waals surface area (Å²) in [5.41, 5.74) is 0.877. The van der Waals surface area contributed by atoms with Gasteiger partial charge in [-0.15, -0.1) is 0 Å². The maximum absolute atomic E-state index is 13.9. The summed E-state index contributed by atoms with van der Waals surface area (Å²) in [6, 6.07) is 8.52. The fourth-order valence-corrected chi connectivity index (χ4v) is 3.40. The summed E-state index contributed by atoms with van der Waals surface area (Å²) in [6.45, 7) is 0.370. The number of amides is 1. The molecular formula is C21H19F2N3O4. The monoisotopic (exact) mass is 415 g/mol. The van der Waals surface area contributed by atoms with Gasteiger partial charge in [-0.25, -0.2) is 8.78 Å². The van der Waals surface area contributed by atoms with E-state index in [1.807, 2.05) is 0 Å². The number of nitrogens with zero attached hydrogens (tertiary/aromatic N) is 3. The topological polar surface area (TPSA) is 77.7 Å². The number of hydrogen-bond donors (Lipinski definition) is 0. The van der Waals surface area contributed by atoms with E-state index in [9.17, 15) is 13.6 Å². The van der Waals surface area contributed by atoms with E-state index in [4.69, 9.17) is 14.0 Å². The zero-order valence-corrected chi connectivity index (χ0v) is 16.4. The van der Waals surface area contributed by atoms with Crippen LogP contribution in [0.1, 0.15) is 23.7 Å². The second-order valence-corrected chi connectivity index (χ2v) is 6.97. The first-order valence-electron chi connectivity index (χ1n) is 9.25. The molecular weight excluding hydrogens is 396 g/mol. The van der Waals surface area contributed by atoms with Crippen molar-refractivity contribution in [2.45, 2.75) is 18.9 Å². The fraction of sp³-hybridized carbons (Fsp3) is 0.286. The maximum atomic E-state index is 13.9. The first-order valence-corrected chi connectivity index (χ1v) is 9.25. The number of halogens is 2. The highest BCUT2D eigenvalue weighted by Gasteiger charge is 2.34. The Labute approximate surface area is 171 Å². The van der Waals surface area contributed by atoms with E-state index in [0.29, 0.717) is 29.4 Å². The highest BCUT2D eigenvalue weighted by Crippen LogP contribution is 2.32. The lowest BCUT2D eigenvalue weighted by molar-refractivity contribution is -0.128. The minimum absolute atomic E-state index is 0.0548. The van der Waals surface area contributed by atoms with E-state index in [1.165, 1.54) is 17.0 Å². The van der Waals surface area contributed by atoms with Gasteiger partial charge in [0, 0.05) is 48.7 Å². The number of aromatic nitrogens is 2. The summed E-state index contributed by atoms with van der Waals surface area (Å²) in [5, 5.41) is 4.02. The van der Waals surface area contributed by atoms with Crippen LogP contribution in [0.25, 0.3) is 11.5 Å². The van der Waals surface area contributed by atoms with Crippen LogP contribution in [0.15, 0.2) is 40.9 Å². The SMILES string of the molecule is COc1cc(OC)cc(-c2nc(C3CC(=O)N(Cc4ccc(F)cc4F)C3)no2)c1. The van der Waals surface area contributed by atoms with Gasteiger partial charge >= 0.3 is 0 Å². The second-order valence-electron chi connectivity index (χ2n) is 6.97. The first-order chi connectivity index (χ1) is 14.5. The molecule has 0 radical (unpaired) electrons. The molecule has 0 N–H and O–H groups in total. The molecule has 156 valence electrons. The number of likely N-dealkylation sites (tertiary alicyclic amines) is 1. The van der Waals surface area contributed by atoms with Crippen molar-refractivity contribution in [1.29, 1.82) is 0 Å². The van der Waals surface area contributed by atoms with Crippen LogP contribution in [-0.4, -0.2) is 41.7 Å². The fourth-order valence-electron chi connectivity index (χ4n) is 3.40. The molecule has 0 saturated carbocycles. The Balaban J connectivity index is 1.51. The van der Waals surface area contributed by atoms with Crippen molar-refractivity contribution in [1.82, 2.24) is 15.0 Å². The number of hydrogen-bond acceptors (Lipinski definition) is 6. The standard InChI is InChI=1S/C21H19F2N3O4/c1-28-16-5-13(6-17(9-16)29-2)21-24-20(25-30-21)14-7-19(27)26(11-14)10-12-3-4-15(22)8-18(12)23/h3-6,8-9,14H,7,10-11H2,1-2H3. The van der Waals surface area contributed by atoms with Crippen molar-refractivity contribution in [2.75, 3.05) is 20.8 Å². The summed E-state index contributed by atoms with van der Waals surface area (Å²) >= 11 is 0. The van der Waals surface area contributed by atoms with Crippen molar-refractivity contribution >= 4 is 5.91 Å². The van der Waals surface area contributed by atoms with Gasteiger partial charge < -0.3 is 18.9 Å². The van der Waals surface area contributed by atoms with Crippen LogP contribution in [0.2, 0.25) is 0 Å². The molecule has 3 aromatic rings. The molecule has 2 aromatic carbocycles. The molecule has 1 atom stereocenters. The normalized spacial score (nSPS) is 16.2. The highest BCUT2D eigenvalue weighted by atomic mass is 19.1.